The number of hydrogen-bond acceptors (Lipinski definition) is 5. The highest BCUT2D eigenvalue weighted by Gasteiger charge is 2.22. The van der Waals surface area contributed by atoms with Crippen LogP contribution in [0, 0.1) is 24.0 Å². The van der Waals surface area contributed by atoms with Crippen LogP contribution in [0.3, 0.4) is 0 Å². The fourth-order valence-electron chi connectivity index (χ4n) is 1.46. The van der Waals surface area contributed by atoms with Crippen LogP contribution in [-0.4, -0.2) is 14.9 Å². The Labute approximate surface area is 119 Å². The summed E-state index contributed by atoms with van der Waals surface area (Å²) in [7, 11) is 0. The SMILES string of the molecule is Cc1ccc(Sc2ncnc(Cl)c2[N+](=O)[O-])cc1C. The van der Waals surface area contributed by atoms with Gasteiger partial charge in [-0.15, -0.1) is 0 Å². The molecule has 7 heteroatoms. The molecule has 2 rings (SSSR count). The molecule has 0 spiro atoms. The summed E-state index contributed by atoms with van der Waals surface area (Å²) in [5, 5.41) is 11.1. The number of hydrogen-bond donors (Lipinski definition) is 0. The summed E-state index contributed by atoms with van der Waals surface area (Å²) < 4.78 is 0. The van der Waals surface area contributed by atoms with Crippen molar-refractivity contribution >= 4 is 29.1 Å². The van der Waals surface area contributed by atoms with Gasteiger partial charge in [0.15, 0.2) is 5.03 Å². The maximum absolute atomic E-state index is 11.0. The molecule has 98 valence electrons. The first-order valence-electron chi connectivity index (χ1n) is 5.39. The Balaban J connectivity index is 2.40. The lowest BCUT2D eigenvalue weighted by molar-refractivity contribution is -0.388. The van der Waals surface area contributed by atoms with Gasteiger partial charge in [-0.25, -0.2) is 9.97 Å². The van der Waals surface area contributed by atoms with E-state index in [2.05, 4.69) is 9.97 Å². The molecule has 0 saturated heterocycles. The van der Waals surface area contributed by atoms with Crippen molar-refractivity contribution in [2.24, 2.45) is 0 Å². The summed E-state index contributed by atoms with van der Waals surface area (Å²) in [5.74, 6) is 0. The number of benzene rings is 1. The Bertz CT molecular complexity index is 649. The van der Waals surface area contributed by atoms with Crippen LogP contribution < -0.4 is 0 Å². The van der Waals surface area contributed by atoms with Crippen LogP contribution in [0.5, 0.6) is 0 Å². The van der Waals surface area contributed by atoms with Gasteiger partial charge in [-0.3, -0.25) is 10.1 Å². The largest absolute Gasteiger partial charge is 0.338 e. The van der Waals surface area contributed by atoms with E-state index in [0.717, 1.165) is 10.5 Å². The van der Waals surface area contributed by atoms with Gasteiger partial charge in [0.2, 0.25) is 5.15 Å². The molecule has 0 fully saturated rings. The standard InChI is InChI=1S/C12H10ClN3O2S/c1-7-3-4-9(5-8(7)2)19-12-10(16(17)18)11(13)14-6-15-12/h3-6H,1-2H3. The topological polar surface area (TPSA) is 68.9 Å². The quantitative estimate of drug-likeness (QED) is 0.489. The lowest BCUT2D eigenvalue weighted by Crippen LogP contribution is -1.96. The normalized spacial score (nSPS) is 10.5. The Morgan fingerprint density at radius 1 is 1.26 bits per heavy atom. The third-order valence-corrected chi connectivity index (χ3v) is 3.88. The van der Waals surface area contributed by atoms with Crippen molar-refractivity contribution in [2.45, 2.75) is 23.8 Å². The molecular weight excluding hydrogens is 286 g/mol. The minimum atomic E-state index is -0.564. The molecule has 0 aliphatic rings. The fraction of sp³-hybridized carbons (Fsp3) is 0.167. The summed E-state index contributed by atoms with van der Waals surface area (Å²) in [5.41, 5.74) is 2.03. The highest BCUT2D eigenvalue weighted by atomic mass is 35.5. The zero-order valence-electron chi connectivity index (χ0n) is 10.3. The van der Waals surface area contributed by atoms with Crippen molar-refractivity contribution < 1.29 is 4.92 Å². The predicted octanol–water partition coefficient (Wildman–Crippen LogP) is 3.81. The van der Waals surface area contributed by atoms with Crippen LogP contribution in [0.2, 0.25) is 5.15 Å². The Morgan fingerprint density at radius 3 is 2.63 bits per heavy atom. The maximum Gasteiger partial charge on any atom is 0.338 e. The average molecular weight is 296 g/mol. The van der Waals surface area contributed by atoms with E-state index in [4.69, 9.17) is 11.6 Å². The van der Waals surface area contributed by atoms with Gasteiger partial charge in [0, 0.05) is 4.90 Å². The molecule has 1 heterocycles. The third-order valence-electron chi connectivity index (χ3n) is 2.62. The summed E-state index contributed by atoms with van der Waals surface area (Å²) in [4.78, 5) is 18.9. The monoisotopic (exact) mass is 295 g/mol. The van der Waals surface area contributed by atoms with Crippen molar-refractivity contribution in [3.63, 3.8) is 0 Å². The molecule has 0 aliphatic carbocycles. The molecule has 0 N–H and O–H groups in total. The average Bonchev–Trinajstić information content (AvgIpc) is 2.33. The van der Waals surface area contributed by atoms with Crippen LogP contribution in [0.15, 0.2) is 34.4 Å². The van der Waals surface area contributed by atoms with Crippen LogP contribution in [0.25, 0.3) is 0 Å². The van der Waals surface area contributed by atoms with Crippen molar-refractivity contribution in [1.82, 2.24) is 9.97 Å². The number of aromatic nitrogens is 2. The van der Waals surface area contributed by atoms with Gasteiger partial charge in [0.1, 0.15) is 6.33 Å². The first-order valence-corrected chi connectivity index (χ1v) is 6.58. The second-order valence-electron chi connectivity index (χ2n) is 3.92. The highest BCUT2D eigenvalue weighted by molar-refractivity contribution is 7.99. The van der Waals surface area contributed by atoms with Gasteiger partial charge in [0.05, 0.1) is 4.92 Å². The maximum atomic E-state index is 11.0. The molecule has 2 aromatic rings. The second kappa shape index (κ2) is 5.54. The first-order chi connectivity index (χ1) is 8.99. The Hall–Kier alpha value is -1.66. The molecule has 0 saturated carbocycles. The van der Waals surface area contributed by atoms with Gasteiger partial charge in [0.25, 0.3) is 0 Å². The summed E-state index contributed by atoms with van der Waals surface area (Å²) in [6.07, 6.45) is 1.22. The Kier molecular flexibility index (Phi) is 4.01. The molecule has 0 radical (unpaired) electrons. The van der Waals surface area contributed by atoms with Gasteiger partial charge < -0.3 is 0 Å². The molecule has 5 nitrogen and oxygen atoms in total. The van der Waals surface area contributed by atoms with Crippen molar-refractivity contribution in [3.05, 3.63) is 50.9 Å². The van der Waals surface area contributed by atoms with E-state index in [1.807, 2.05) is 32.0 Å². The molecule has 1 aromatic carbocycles. The fourth-order valence-corrected chi connectivity index (χ4v) is 2.68. The van der Waals surface area contributed by atoms with Crippen LogP contribution in [-0.2, 0) is 0 Å². The third kappa shape index (κ3) is 3.02. The molecule has 0 aliphatic heterocycles. The number of halogens is 1. The lowest BCUT2D eigenvalue weighted by Gasteiger charge is -2.05. The molecule has 0 atom stereocenters. The van der Waals surface area contributed by atoms with Gasteiger partial charge in [-0.2, -0.15) is 0 Å². The van der Waals surface area contributed by atoms with Crippen molar-refractivity contribution in [2.75, 3.05) is 0 Å². The van der Waals surface area contributed by atoms with Crippen molar-refractivity contribution in [3.8, 4) is 0 Å². The van der Waals surface area contributed by atoms with E-state index in [0.29, 0.717) is 0 Å². The van der Waals surface area contributed by atoms with Gasteiger partial charge in [-0.05, 0) is 37.1 Å². The summed E-state index contributed by atoms with van der Waals surface area (Å²) in [6, 6.07) is 5.82. The van der Waals surface area contributed by atoms with E-state index in [1.165, 1.54) is 23.7 Å². The minimum Gasteiger partial charge on any atom is -0.258 e. The van der Waals surface area contributed by atoms with E-state index in [1.54, 1.807) is 0 Å². The molecule has 19 heavy (non-hydrogen) atoms. The summed E-state index contributed by atoms with van der Waals surface area (Å²) >= 11 is 6.94. The van der Waals surface area contributed by atoms with Crippen LogP contribution in [0.1, 0.15) is 11.1 Å². The van der Waals surface area contributed by atoms with Crippen molar-refractivity contribution in [1.29, 1.82) is 0 Å². The number of aryl methyl sites for hydroxylation is 2. The molecule has 0 amide bonds. The van der Waals surface area contributed by atoms with E-state index in [-0.39, 0.29) is 15.9 Å². The Morgan fingerprint density at radius 2 is 2.00 bits per heavy atom. The predicted molar refractivity (Wildman–Crippen MR) is 73.7 cm³/mol. The van der Waals surface area contributed by atoms with Crippen LogP contribution >= 0.6 is 23.4 Å². The number of rotatable bonds is 3. The molecule has 0 bridgehead atoms. The smallest absolute Gasteiger partial charge is 0.258 e. The lowest BCUT2D eigenvalue weighted by atomic mass is 10.1. The first kappa shape index (κ1) is 13.8. The van der Waals surface area contributed by atoms with E-state index >= 15 is 0 Å². The summed E-state index contributed by atoms with van der Waals surface area (Å²) in [6.45, 7) is 3.99. The number of nitrogens with zero attached hydrogens (tertiary/aromatic N) is 3. The van der Waals surface area contributed by atoms with Crippen LogP contribution in [0.4, 0.5) is 5.69 Å². The minimum absolute atomic E-state index is 0.147. The zero-order chi connectivity index (χ0) is 14.0. The molecule has 1 aromatic heterocycles. The number of nitro groups is 1. The molecular formula is C12H10ClN3O2S. The molecule has 0 unspecified atom stereocenters. The van der Waals surface area contributed by atoms with E-state index in [9.17, 15) is 10.1 Å². The second-order valence-corrected chi connectivity index (χ2v) is 5.34. The highest BCUT2D eigenvalue weighted by Crippen LogP contribution is 2.36. The van der Waals surface area contributed by atoms with Gasteiger partial charge in [-0.1, -0.05) is 29.4 Å². The zero-order valence-corrected chi connectivity index (χ0v) is 11.8. The van der Waals surface area contributed by atoms with E-state index < -0.39 is 4.92 Å². The van der Waals surface area contributed by atoms with Gasteiger partial charge >= 0.3 is 5.69 Å².